The number of carbonyl (C=O) groups excluding carboxylic acids is 1. The standard InChI is InChI=1S/C15H22N2O3S/c1-3-9(2)13(14(18)19)17-15(20)16-11-5-4-6-12-10(11)7-8-21-12/h7-9,11,13H,3-6H2,1-2H3,(H,18,19)(H2,16,17,20)/t9-,11?,13-/m0/s1. The Labute approximate surface area is 128 Å². The van der Waals surface area contributed by atoms with Gasteiger partial charge in [-0.3, -0.25) is 0 Å². The Kier molecular flexibility index (Phi) is 5.22. The number of amides is 2. The Balaban J connectivity index is 1.98. The number of carbonyl (C=O) groups is 2. The molecule has 1 unspecified atom stereocenters. The van der Waals surface area contributed by atoms with Gasteiger partial charge < -0.3 is 15.7 Å². The second-order valence-electron chi connectivity index (χ2n) is 5.56. The highest BCUT2D eigenvalue weighted by Crippen LogP contribution is 2.33. The second-order valence-corrected chi connectivity index (χ2v) is 6.56. The first-order valence-corrected chi connectivity index (χ1v) is 8.27. The molecule has 5 nitrogen and oxygen atoms in total. The topological polar surface area (TPSA) is 78.4 Å². The summed E-state index contributed by atoms with van der Waals surface area (Å²) in [5.74, 6) is -1.09. The summed E-state index contributed by atoms with van der Waals surface area (Å²) < 4.78 is 0. The number of carboxylic acid groups (broad SMARTS) is 1. The molecular formula is C15H22N2O3S. The summed E-state index contributed by atoms with van der Waals surface area (Å²) in [6.07, 6.45) is 3.72. The predicted octanol–water partition coefficient (Wildman–Crippen LogP) is 2.92. The average Bonchev–Trinajstić information content (AvgIpc) is 2.93. The maximum atomic E-state index is 12.1. The molecule has 0 bridgehead atoms. The zero-order chi connectivity index (χ0) is 15.4. The fraction of sp³-hybridized carbons (Fsp3) is 0.600. The predicted molar refractivity (Wildman–Crippen MR) is 82.5 cm³/mol. The molecule has 3 N–H and O–H groups in total. The third kappa shape index (κ3) is 3.75. The third-order valence-electron chi connectivity index (χ3n) is 4.12. The number of urea groups is 1. The van der Waals surface area contributed by atoms with Gasteiger partial charge in [-0.2, -0.15) is 0 Å². The lowest BCUT2D eigenvalue weighted by molar-refractivity contribution is -0.140. The summed E-state index contributed by atoms with van der Waals surface area (Å²) in [5, 5.41) is 16.8. The number of thiophene rings is 1. The fourth-order valence-corrected chi connectivity index (χ4v) is 3.65. The molecule has 2 amide bonds. The van der Waals surface area contributed by atoms with Crippen LogP contribution in [0.3, 0.4) is 0 Å². The van der Waals surface area contributed by atoms with Gasteiger partial charge in [0.05, 0.1) is 6.04 Å². The van der Waals surface area contributed by atoms with E-state index in [1.807, 2.05) is 25.3 Å². The summed E-state index contributed by atoms with van der Waals surface area (Å²) in [7, 11) is 0. The van der Waals surface area contributed by atoms with Crippen LogP contribution in [0.1, 0.15) is 49.6 Å². The van der Waals surface area contributed by atoms with Crippen LogP contribution in [0.2, 0.25) is 0 Å². The van der Waals surface area contributed by atoms with Gasteiger partial charge in [-0.25, -0.2) is 9.59 Å². The third-order valence-corrected chi connectivity index (χ3v) is 5.12. The number of carboxylic acids is 1. The van der Waals surface area contributed by atoms with Crippen molar-refractivity contribution < 1.29 is 14.7 Å². The molecule has 6 heteroatoms. The van der Waals surface area contributed by atoms with E-state index in [4.69, 9.17) is 0 Å². The van der Waals surface area contributed by atoms with Gasteiger partial charge in [0.1, 0.15) is 6.04 Å². The number of fused-ring (bicyclic) bond motifs is 1. The molecule has 21 heavy (non-hydrogen) atoms. The summed E-state index contributed by atoms with van der Waals surface area (Å²) in [6, 6.07) is 0.798. The van der Waals surface area contributed by atoms with Crippen LogP contribution < -0.4 is 10.6 Å². The summed E-state index contributed by atoms with van der Waals surface area (Å²) in [4.78, 5) is 24.7. The molecule has 0 radical (unpaired) electrons. The Morgan fingerprint density at radius 2 is 2.29 bits per heavy atom. The molecule has 1 aliphatic rings. The maximum Gasteiger partial charge on any atom is 0.326 e. The number of hydrogen-bond donors (Lipinski definition) is 3. The van der Waals surface area contributed by atoms with Crippen LogP contribution in [0.4, 0.5) is 4.79 Å². The van der Waals surface area contributed by atoms with Crippen LogP contribution in [0, 0.1) is 5.92 Å². The number of aliphatic carboxylic acids is 1. The van der Waals surface area contributed by atoms with E-state index in [1.54, 1.807) is 11.3 Å². The first kappa shape index (κ1) is 15.8. The monoisotopic (exact) mass is 310 g/mol. The first-order chi connectivity index (χ1) is 10.0. The molecule has 1 heterocycles. The van der Waals surface area contributed by atoms with Gasteiger partial charge in [0.25, 0.3) is 0 Å². The summed E-state index contributed by atoms with van der Waals surface area (Å²) in [6.45, 7) is 3.75. The van der Waals surface area contributed by atoms with Crippen LogP contribution in [0.15, 0.2) is 11.4 Å². The van der Waals surface area contributed by atoms with E-state index in [-0.39, 0.29) is 12.0 Å². The van der Waals surface area contributed by atoms with Crippen LogP contribution in [0.25, 0.3) is 0 Å². The molecule has 116 valence electrons. The van der Waals surface area contributed by atoms with Crippen molar-refractivity contribution in [2.24, 2.45) is 5.92 Å². The van der Waals surface area contributed by atoms with E-state index in [0.717, 1.165) is 19.3 Å². The van der Waals surface area contributed by atoms with Gasteiger partial charge in [0, 0.05) is 4.88 Å². The number of rotatable bonds is 5. The molecule has 0 aliphatic heterocycles. The van der Waals surface area contributed by atoms with E-state index in [9.17, 15) is 14.7 Å². The van der Waals surface area contributed by atoms with Crippen LogP contribution in [0.5, 0.6) is 0 Å². The quantitative estimate of drug-likeness (QED) is 0.782. The minimum atomic E-state index is -0.987. The van der Waals surface area contributed by atoms with Gasteiger partial charge in [-0.15, -0.1) is 11.3 Å². The average molecular weight is 310 g/mol. The Bertz CT molecular complexity index is 515. The van der Waals surface area contributed by atoms with Gasteiger partial charge in [-0.05, 0) is 42.2 Å². The highest BCUT2D eigenvalue weighted by Gasteiger charge is 2.27. The zero-order valence-electron chi connectivity index (χ0n) is 12.4. The molecule has 0 saturated heterocycles. The van der Waals surface area contributed by atoms with Crippen molar-refractivity contribution in [2.75, 3.05) is 0 Å². The minimum Gasteiger partial charge on any atom is -0.480 e. The van der Waals surface area contributed by atoms with Crippen molar-refractivity contribution in [3.05, 3.63) is 21.9 Å². The molecule has 3 atom stereocenters. The van der Waals surface area contributed by atoms with Crippen molar-refractivity contribution >= 4 is 23.3 Å². The Morgan fingerprint density at radius 3 is 2.95 bits per heavy atom. The smallest absolute Gasteiger partial charge is 0.326 e. The lowest BCUT2D eigenvalue weighted by Gasteiger charge is -2.26. The Morgan fingerprint density at radius 1 is 1.52 bits per heavy atom. The SMILES string of the molecule is CC[C@H](C)[C@H](NC(=O)NC1CCCc2sccc21)C(=O)O. The van der Waals surface area contributed by atoms with Gasteiger partial charge in [-0.1, -0.05) is 20.3 Å². The minimum absolute atomic E-state index is 0.00798. The van der Waals surface area contributed by atoms with Gasteiger partial charge >= 0.3 is 12.0 Å². The van der Waals surface area contributed by atoms with E-state index in [2.05, 4.69) is 10.6 Å². The fourth-order valence-electron chi connectivity index (χ4n) is 2.66. The van der Waals surface area contributed by atoms with Crippen LogP contribution in [-0.2, 0) is 11.2 Å². The lowest BCUT2D eigenvalue weighted by Crippen LogP contribution is -2.50. The van der Waals surface area contributed by atoms with Crippen LogP contribution >= 0.6 is 11.3 Å². The Hall–Kier alpha value is -1.56. The highest BCUT2D eigenvalue weighted by atomic mass is 32.1. The maximum absolute atomic E-state index is 12.1. The number of hydrogen-bond acceptors (Lipinski definition) is 3. The highest BCUT2D eigenvalue weighted by molar-refractivity contribution is 7.10. The van der Waals surface area contributed by atoms with Crippen molar-refractivity contribution in [3.8, 4) is 0 Å². The molecule has 0 aromatic carbocycles. The van der Waals surface area contributed by atoms with Gasteiger partial charge in [0.2, 0.25) is 0 Å². The first-order valence-electron chi connectivity index (χ1n) is 7.39. The molecule has 2 rings (SSSR count). The van der Waals surface area contributed by atoms with Crippen molar-refractivity contribution in [1.82, 2.24) is 10.6 Å². The van der Waals surface area contributed by atoms with Crippen molar-refractivity contribution in [2.45, 2.75) is 51.6 Å². The molecule has 0 fully saturated rings. The van der Waals surface area contributed by atoms with E-state index < -0.39 is 18.0 Å². The molecule has 0 saturated carbocycles. The van der Waals surface area contributed by atoms with E-state index in [1.165, 1.54) is 10.4 Å². The summed E-state index contributed by atoms with van der Waals surface area (Å²) in [5.41, 5.74) is 1.18. The number of aryl methyl sites for hydroxylation is 1. The van der Waals surface area contributed by atoms with Crippen molar-refractivity contribution in [3.63, 3.8) is 0 Å². The molecular weight excluding hydrogens is 288 g/mol. The van der Waals surface area contributed by atoms with E-state index in [0.29, 0.717) is 6.42 Å². The zero-order valence-corrected chi connectivity index (χ0v) is 13.2. The number of nitrogens with one attached hydrogen (secondary N) is 2. The molecule has 1 aromatic rings. The molecule has 1 aliphatic carbocycles. The van der Waals surface area contributed by atoms with E-state index >= 15 is 0 Å². The molecule has 1 aromatic heterocycles. The summed E-state index contributed by atoms with van der Waals surface area (Å²) >= 11 is 1.72. The normalized spacial score (nSPS) is 20.2. The van der Waals surface area contributed by atoms with Crippen LogP contribution in [-0.4, -0.2) is 23.1 Å². The lowest BCUT2D eigenvalue weighted by atomic mass is 9.94. The van der Waals surface area contributed by atoms with Gasteiger partial charge in [0.15, 0.2) is 0 Å². The van der Waals surface area contributed by atoms with Crippen molar-refractivity contribution in [1.29, 1.82) is 0 Å². The largest absolute Gasteiger partial charge is 0.480 e. The molecule has 0 spiro atoms. The second kappa shape index (κ2) is 6.93.